The second kappa shape index (κ2) is 6.20. The third-order valence-electron chi connectivity index (χ3n) is 3.29. The van der Waals surface area contributed by atoms with E-state index < -0.39 is 15.8 Å². The normalized spacial score (nSPS) is 22.3. The first-order chi connectivity index (χ1) is 9.74. The fraction of sp³-hybridized carbons (Fsp3) is 0.417. The van der Waals surface area contributed by atoms with E-state index in [-0.39, 0.29) is 25.9 Å². The maximum atomic E-state index is 13.4. The molecular weight excluding hydrogens is 429 g/mol. The molecule has 2 rings (SSSR count). The molecular formula is C12H12Br2FN3O2S. The van der Waals surface area contributed by atoms with Crippen molar-refractivity contribution in [3.05, 3.63) is 26.9 Å². The molecule has 0 spiro atoms. The number of hydrogen-bond donors (Lipinski definition) is 1. The van der Waals surface area contributed by atoms with E-state index in [0.717, 1.165) is 6.07 Å². The summed E-state index contributed by atoms with van der Waals surface area (Å²) in [4.78, 5) is 1.49. The van der Waals surface area contributed by atoms with Crippen LogP contribution in [0.1, 0.15) is 13.3 Å². The summed E-state index contributed by atoms with van der Waals surface area (Å²) in [7, 11) is -3.80. The SMILES string of the molecule is CC1CC(NS(=O)(=O)c2cc(Br)c(F)cc2Br)CN1C#N. The van der Waals surface area contributed by atoms with Gasteiger partial charge < -0.3 is 4.90 Å². The minimum Gasteiger partial charge on any atom is -0.306 e. The topological polar surface area (TPSA) is 73.2 Å². The van der Waals surface area contributed by atoms with Gasteiger partial charge in [0.05, 0.1) is 9.37 Å². The van der Waals surface area contributed by atoms with Crippen molar-refractivity contribution in [2.75, 3.05) is 6.54 Å². The van der Waals surface area contributed by atoms with Gasteiger partial charge in [0.2, 0.25) is 10.0 Å². The number of hydrogen-bond acceptors (Lipinski definition) is 4. The van der Waals surface area contributed by atoms with E-state index in [9.17, 15) is 12.8 Å². The quantitative estimate of drug-likeness (QED) is 0.579. The highest BCUT2D eigenvalue weighted by Crippen LogP contribution is 2.29. The van der Waals surface area contributed by atoms with Crippen molar-refractivity contribution in [1.82, 2.24) is 9.62 Å². The lowest BCUT2D eigenvalue weighted by Crippen LogP contribution is -2.36. The summed E-state index contributed by atoms with van der Waals surface area (Å²) in [6.45, 7) is 2.19. The van der Waals surface area contributed by atoms with Crippen molar-refractivity contribution >= 4 is 41.9 Å². The monoisotopic (exact) mass is 439 g/mol. The molecule has 0 aliphatic carbocycles. The lowest BCUT2D eigenvalue weighted by molar-refractivity contribution is 0.386. The maximum Gasteiger partial charge on any atom is 0.242 e. The second-order valence-electron chi connectivity index (χ2n) is 4.85. The van der Waals surface area contributed by atoms with E-state index >= 15 is 0 Å². The number of sulfonamides is 1. The molecule has 1 aromatic rings. The number of nitrogens with one attached hydrogen (secondary N) is 1. The van der Waals surface area contributed by atoms with Gasteiger partial charge in [-0.1, -0.05) is 0 Å². The van der Waals surface area contributed by atoms with Crippen LogP contribution in [0.3, 0.4) is 0 Å². The number of benzene rings is 1. The minimum absolute atomic E-state index is 0.00825. The highest BCUT2D eigenvalue weighted by Gasteiger charge is 2.32. The van der Waals surface area contributed by atoms with Crippen LogP contribution >= 0.6 is 31.9 Å². The van der Waals surface area contributed by atoms with Crippen LogP contribution in [0.25, 0.3) is 0 Å². The summed E-state index contributed by atoms with van der Waals surface area (Å²) in [5.41, 5.74) is 0. The zero-order chi connectivity index (χ0) is 15.8. The van der Waals surface area contributed by atoms with Crippen LogP contribution in [0.15, 0.2) is 26.0 Å². The second-order valence-corrected chi connectivity index (χ2v) is 8.24. The molecule has 1 heterocycles. The predicted octanol–water partition coefficient (Wildman–Crippen LogP) is 2.57. The highest BCUT2D eigenvalue weighted by molar-refractivity contribution is 9.11. The number of nitriles is 1. The summed E-state index contributed by atoms with van der Waals surface area (Å²) in [6.07, 6.45) is 2.58. The van der Waals surface area contributed by atoms with Crippen LogP contribution in [-0.2, 0) is 10.0 Å². The van der Waals surface area contributed by atoms with E-state index in [1.165, 1.54) is 11.0 Å². The first-order valence-corrected chi connectivity index (χ1v) is 9.14. The summed E-state index contributed by atoms with van der Waals surface area (Å²) in [6, 6.07) is 1.95. The van der Waals surface area contributed by atoms with Crippen LogP contribution in [0.5, 0.6) is 0 Å². The van der Waals surface area contributed by atoms with E-state index in [1.54, 1.807) is 0 Å². The van der Waals surface area contributed by atoms with Gasteiger partial charge in [0, 0.05) is 23.1 Å². The van der Waals surface area contributed by atoms with Crippen molar-refractivity contribution in [2.45, 2.75) is 30.3 Å². The van der Waals surface area contributed by atoms with E-state index in [2.05, 4.69) is 36.6 Å². The number of halogens is 3. The molecule has 21 heavy (non-hydrogen) atoms. The molecule has 1 saturated heterocycles. The molecule has 1 aliphatic heterocycles. The Morgan fingerprint density at radius 3 is 2.67 bits per heavy atom. The van der Waals surface area contributed by atoms with E-state index in [4.69, 9.17) is 5.26 Å². The van der Waals surface area contributed by atoms with Crippen LogP contribution in [0.4, 0.5) is 4.39 Å². The lowest BCUT2D eigenvalue weighted by Gasteiger charge is -2.14. The summed E-state index contributed by atoms with van der Waals surface area (Å²) in [5, 5.41) is 8.92. The molecule has 0 bridgehead atoms. The first-order valence-electron chi connectivity index (χ1n) is 6.08. The molecule has 0 amide bonds. The zero-order valence-corrected chi connectivity index (χ0v) is 15.0. The van der Waals surface area contributed by atoms with Gasteiger partial charge in [-0.15, -0.1) is 0 Å². The number of nitrogens with zero attached hydrogens (tertiary/aromatic N) is 2. The van der Waals surface area contributed by atoms with Gasteiger partial charge in [-0.25, -0.2) is 17.5 Å². The Morgan fingerprint density at radius 2 is 2.10 bits per heavy atom. The molecule has 0 radical (unpaired) electrons. The van der Waals surface area contributed by atoms with Crippen LogP contribution in [0, 0.1) is 17.3 Å². The van der Waals surface area contributed by atoms with Crippen LogP contribution < -0.4 is 4.72 Å². The average molecular weight is 441 g/mol. The standard InChI is InChI=1S/C12H12Br2FN3O2S/c1-7-2-8(5-18(7)6-16)17-21(19,20)12-4-9(13)11(15)3-10(12)14/h3-4,7-8,17H,2,5H2,1H3. The highest BCUT2D eigenvalue weighted by atomic mass is 79.9. The Bertz CT molecular complexity index is 705. The largest absolute Gasteiger partial charge is 0.306 e. The number of rotatable bonds is 3. The molecule has 1 aromatic carbocycles. The Kier molecular flexibility index (Phi) is 4.92. The summed E-state index contributed by atoms with van der Waals surface area (Å²) < 4.78 is 40.9. The van der Waals surface area contributed by atoms with E-state index in [1.807, 2.05) is 13.1 Å². The van der Waals surface area contributed by atoms with Crippen molar-refractivity contribution in [3.8, 4) is 6.19 Å². The van der Waals surface area contributed by atoms with Gasteiger partial charge in [-0.2, -0.15) is 5.26 Å². The third-order valence-corrected chi connectivity index (χ3v) is 6.38. The Balaban J connectivity index is 2.24. The molecule has 1 fully saturated rings. The Hall–Kier alpha value is -0.690. The zero-order valence-electron chi connectivity index (χ0n) is 11.0. The Labute approximate surface area is 139 Å². The van der Waals surface area contributed by atoms with Gasteiger partial charge >= 0.3 is 0 Å². The predicted molar refractivity (Wildman–Crippen MR) is 82.3 cm³/mol. The minimum atomic E-state index is -3.80. The molecule has 0 aromatic heterocycles. The van der Waals surface area contributed by atoms with Crippen molar-refractivity contribution in [1.29, 1.82) is 5.26 Å². The first kappa shape index (κ1) is 16.7. The molecule has 2 atom stereocenters. The van der Waals surface area contributed by atoms with Crippen LogP contribution in [-0.4, -0.2) is 31.9 Å². The average Bonchev–Trinajstić information content (AvgIpc) is 2.72. The molecule has 1 aliphatic rings. The molecule has 0 saturated carbocycles. The molecule has 5 nitrogen and oxygen atoms in total. The van der Waals surface area contributed by atoms with Crippen molar-refractivity contribution in [3.63, 3.8) is 0 Å². The summed E-state index contributed by atoms with van der Waals surface area (Å²) >= 11 is 6.04. The Morgan fingerprint density at radius 1 is 1.43 bits per heavy atom. The fourth-order valence-electron chi connectivity index (χ4n) is 2.25. The fourth-order valence-corrected chi connectivity index (χ4v) is 5.02. The molecule has 9 heteroatoms. The van der Waals surface area contributed by atoms with Gasteiger partial charge in [0.1, 0.15) is 5.82 Å². The molecule has 114 valence electrons. The lowest BCUT2D eigenvalue weighted by atomic mass is 10.2. The van der Waals surface area contributed by atoms with Gasteiger partial charge in [-0.05, 0) is 57.3 Å². The third kappa shape index (κ3) is 3.56. The van der Waals surface area contributed by atoms with Crippen LogP contribution in [0.2, 0.25) is 0 Å². The van der Waals surface area contributed by atoms with Crippen molar-refractivity contribution < 1.29 is 12.8 Å². The van der Waals surface area contributed by atoms with Crippen molar-refractivity contribution in [2.24, 2.45) is 0 Å². The summed E-state index contributed by atoms with van der Waals surface area (Å²) in [5.74, 6) is -0.550. The van der Waals surface area contributed by atoms with Gasteiger partial charge in [-0.3, -0.25) is 0 Å². The molecule has 2 unspecified atom stereocenters. The maximum absolute atomic E-state index is 13.4. The van der Waals surface area contributed by atoms with E-state index in [0.29, 0.717) is 13.0 Å². The molecule has 1 N–H and O–H groups in total. The van der Waals surface area contributed by atoms with Gasteiger partial charge in [0.25, 0.3) is 0 Å². The van der Waals surface area contributed by atoms with Gasteiger partial charge in [0.15, 0.2) is 6.19 Å². The smallest absolute Gasteiger partial charge is 0.242 e. The number of likely N-dealkylation sites (tertiary alicyclic amines) is 1.